The first-order valence-electron chi connectivity index (χ1n) is 4.74. The van der Waals surface area contributed by atoms with Crippen molar-refractivity contribution in [3.8, 4) is 0 Å². The minimum Gasteiger partial charge on any atom is -0.480 e. The van der Waals surface area contributed by atoms with Gasteiger partial charge in [0, 0.05) is 12.6 Å². The second-order valence-corrected chi connectivity index (χ2v) is 3.94. The molecule has 1 rings (SSSR count). The zero-order valence-electron chi connectivity index (χ0n) is 8.23. The number of hydrogen-bond acceptors (Lipinski definition) is 3. The first kappa shape index (κ1) is 10.5. The third-order valence-corrected chi connectivity index (χ3v) is 2.95. The highest BCUT2D eigenvalue weighted by Crippen LogP contribution is 2.17. The molecule has 1 aliphatic heterocycles. The third-order valence-electron chi connectivity index (χ3n) is 2.95. The van der Waals surface area contributed by atoms with E-state index in [9.17, 15) is 4.79 Å². The van der Waals surface area contributed by atoms with Crippen LogP contribution >= 0.6 is 0 Å². The highest BCUT2D eigenvalue weighted by Gasteiger charge is 2.28. The van der Waals surface area contributed by atoms with Crippen LogP contribution in [0.4, 0.5) is 0 Å². The normalized spacial score (nSPS) is 32.8. The van der Waals surface area contributed by atoms with Crippen molar-refractivity contribution in [2.24, 2.45) is 11.7 Å². The molecule has 76 valence electrons. The molecule has 0 amide bonds. The van der Waals surface area contributed by atoms with Gasteiger partial charge in [0.15, 0.2) is 0 Å². The smallest absolute Gasteiger partial charge is 0.320 e. The molecule has 1 fully saturated rings. The van der Waals surface area contributed by atoms with Gasteiger partial charge in [0.25, 0.3) is 0 Å². The van der Waals surface area contributed by atoms with Crippen LogP contribution in [0.15, 0.2) is 0 Å². The van der Waals surface area contributed by atoms with Gasteiger partial charge < -0.3 is 10.8 Å². The molecule has 4 heteroatoms. The van der Waals surface area contributed by atoms with Crippen LogP contribution in [0.2, 0.25) is 0 Å². The van der Waals surface area contributed by atoms with E-state index in [1.54, 1.807) is 6.92 Å². The van der Waals surface area contributed by atoms with Crippen molar-refractivity contribution in [1.82, 2.24) is 4.90 Å². The fourth-order valence-corrected chi connectivity index (χ4v) is 1.63. The molecule has 0 saturated carbocycles. The summed E-state index contributed by atoms with van der Waals surface area (Å²) in [5.41, 5.74) is 5.87. The molecular weight excluding hydrogens is 168 g/mol. The number of carboxylic acid groups (broad SMARTS) is 1. The van der Waals surface area contributed by atoms with E-state index in [0.717, 1.165) is 13.0 Å². The lowest BCUT2D eigenvalue weighted by molar-refractivity contribution is -0.143. The highest BCUT2D eigenvalue weighted by molar-refractivity contribution is 5.72. The maximum Gasteiger partial charge on any atom is 0.320 e. The van der Waals surface area contributed by atoms with E-state index < -0.39 is 12.0 Å². The van der Waals surface area contributed by atoms with Crippen LogP contribution in [-0.4, -0.2) is 41.1 Å². The summed E-state index contributed by atoms with van der Waals surface area (Å²) in [5.74, 6) is -0.251. The number of nitrogens with zero attached hydrogens (tertiary/aromatic N) is 1. The lowest BCUT2D eigenvalue weighted by Gasteiger charge is -2.37. The van der Waals surface area contributed by atoms with Crippen molar-refractivity contribution in [3.05, 3.63) is 0 Å². The molecule has 3 atom stereocenters. The predicted molar refractivity (Wildman–Crippen MR) is 50.4 cm³/mol. The van der Waals surface area contributed by atoms with Gasteiger partial charge >= 0.3 is 5.97 Å². The Balaban J connectivity index is 2.50. The van der Waals surface area contributed by atoms with E-state index in [-0.39, 0.29) is 6.04 Å². The fraction of sp³-hybridized carbons (Fsp3) is 0.889. The van der Waals surface area contributed by atoms with Gasteiger partial charge in [-0.2, -0.15) is 0 Å². The molecule has 0 aliphatic carbocycles. The van der Waals surface area contributed by atoms with Gasteiger partial charge in [0.1, 0.15) is 6.04 Å². The van der Waals surface area contributed by atoms with Crippen LogP contribution in [0.25, 0.3) is 0 Å². The van der Waals surface area contributed by atoms with E-state index in [1.807, 2.05) is 4.90 Å². The van der Waals surface area contributed by atoms with Gasteiger partial charge in [-0.15, -0.1) is 0 Å². The Bertz CT molecular complexity index is 196. The topological polar surface area (TPSA) is 66.6 Å². The molecule has 0 aromatic carbocycles. The maximum atomic E-state index is 10.7. The van der Waals surface area contributed by atoms with Crippen molar-refractivity contribution in [2.45, 2.75) is 32.4 Å². The van der Waals surface area contributed by atoms with Crippen molar-refractivity contribution in [2.75, 3.05) is 13.1 Å². The number of piperidine rings is 1. The van der Waals surface area contributed by atoms with E-state index in [1.165, 1.54) is 0 Å². The minimum atomic E-state index is -0.762. The maximum absolute atomic E-state index is 10.7. The molecule has 0 aromatic rings. The number of carboxylic acids is 1. The van der Waals surface area contributed by atoms with Crippen molar-refractivity contribution in [3.63, 3.8) is 0 Å². The summed E-state index contributed by atoms with van der Waals surface area (Å²) >= 11 is 0. The number of rotatable bonds is 2. The van der Waals surface area contributed by atoms with Gasteiger partial charge in [-0.1, -0.05) is 6.92 Å². The highest BCUT2D eigenvalue weighted by atomic mass is 16.4. The number of hydrogen-bond donors (Lipinski definition) is 2. The number of nitrogens with two attached hydrogens (primary N) is 1. The van der Waals surface area contributed by atoms with Gasteiger partial charge in [-0.25, -0.2) is 0 Å². The Labute approximate surface area is 78.7 Å². The standard InChI is InChI=1S/C9H18N2O2/c1-6-3-4-11(5-8(6)10)7(2)9(12)13/h6-8H,3-5,10H2,1-2H3,(H,12,13). The van der Waals surface area contributed by atoms with Crippen molar-refractivity contribution in [1.29, 1.82) is 0 Å². The second-order valence-electron chi connectivity index (χ2n) is 3.94. The van der Waals surface area contributed by atoms with Gasteiger partial charge in [0.05, 0.1) is 0 Å². The quantitative estimate of drug-likeness (QED) is 0.643. The van der Waals surface area contributed by atoms with E-state index in [2.05, 4.69) is 6.92 Å². The zero-order chi connectivity index (χ0) is 10.0. The average molecular weight is 186 g/mol. The second kappa shape index (κ2) is 4.07. The number of likely N-dealkylation sites (tertiary alicyclic amines) is 1. The van der Waals surface area contributed by atoms with Crippen molar-refractivity contribution >= 4 is 5.97 Å². The number of carbonyl (C=O) groups is 1. The molecule has 0 spiro atoms. The van der Waals surface area contributed by atoms with Crippen LogP contribution in [0.3, 0.4) is 0 Å². The summed E-state index contributed by atoms with van der Waals surface area (Å²) in [6, 6.07) is -0.283. The summed E-state index contributed by atoms with van der Waals surface area (Å²) in [5, 5.41) is 8.80. The lowest BCUT2D eigenvalue weighted by atomic mass is 9.93. The summed E-state index contributed by atoms with van der Waals surface area (Å²) in [7, 11) is 0. The van der Waals surface area contributed by atoms with Crippen LogP contribution in [0, 0.1) is 5.92 Å². The van der Waals surface area contributed by atoms with E-state index >= 15 is 0 Å². The Morgan fingerprint density at radius 2 is 2.31 bits per heavy atom. The van der Waals surface area contributed by atoms with Crippen LogP contribution in [-0.2, 0) is 4.79 Å². The summed E-state index contributed by atoms with van der Waals surface area (Å²) in [6.45, 7) is 5.38. The average Bonchev–Trinajstić information content (AvgIpc) is 2.08. The zero-order valence-corrected chi connectivity index (χ0v) is 8.23. The van der Waals surface area contributed by atoms with Gasteiger partial charge in [0.2, 0.25) is 0 Å². The molecular formula is C9H18N2O2. The van der Waals surface area contributed by atoms with Crippen LogP contribution in [0.5, 0.6) is 0 Å². The Hall–Kier alpha value is -0.610. The molecule has 1 heterocycles. The largest absolute Gasteiger partial charge is 0.480 e. The predicted octanol–water partition coefficient (Wildman–Crippen LogP) is 0.129. The summed E-state index contributed by atoms with van der Waals surface area (Å²) in [4.78, 5) is 12.6. The summed E-state index contributed by atoms with van der Waals surface area (Å²) < 4.78 is 0. The van der Waals surface area contributed by atoms with E-state index in [0.29, 0.717) is 12.5 Å². The first-order chi connectivity index (χ1) is 6.02. The van der Waals surface area contributed by atoms with Crippen LogP contribution in [0.1, 0.15) is 20.3 Å². The molecule has 3 unspecified atom stereocenters. The molecule has 1 saturated heterocycles. The van der Waals surface area contributed by atoms with Gasteiger partial charge in [-0.3, -0.25) is 9.69 Å². The molecule has 0 radical (unpaired) electrons. The minimum absolute atomic E-state index is 0.121. The van der Waals surface area contributed by atoms with Crippen molar-refractivity contribution < 1.29 is 9.90 Å². The SMILES string of the molecule is CC1CCN(C(C)C(=O)O)CC1N. The monoisotopic (exact) mass is 186 g/mol. The van der Waals surface area contributed by atoms with Crippen LogP contribution < -0.4 is 5.73 Å². The molecule has 4 nitrogen and oxygen atoms in total. The summed E-state index contributed by atoms with van der Waals surface area (Å²) in [6.07, 6.45) is 0.999. The molecule has 13 heavy (non-hydrogen) atoms. The lowest BCUT2D eigenvalue weighted by Crippen LogP contribution is -2.52. The molecule has 0 bridgehead atoms. The number of aliphatic carboxylic acids is 1. The molecule has 0 aromatic heterocycles. The Morgan fingerprint density at radius 1 is 1.69 bits per heavy atom. The Morgan fingerprint density at radius 3 is 2.77 bits per heavy atom. The third kappa shape index (κ3) is 2.42. The molecule has 3 N–H and O–H groups in total. The Kier molecular flexibility index (Phi) is 3.27. The molecule has 1 aliphatic rings. The fourth-order valence-electron chi connectivity index (χ4n) is 1.63. The van der Waals surface area contributed by atoms with Gasteiger partial charge in [-0.05, 0) is 25.8 Å². The van der Waals surface area contributed by atoms with E-state index in [4.69, 9.17) is 10.8 Å². The first-order valence-corrected chi connectivity index (χ1v) is 4.74.